The summed E-state index contributed by atoms with van der Waals surface area (Å²) in [5, 5.41) is 20.5. The molecule has 0 saturated carbocycles. The Bertz CT molecular complexity index is 3920. The average Bonchev–Trinajstić information content (AvgIpc) is 1.65. The van der Waals surface area contributed by atoms with Crippen molar-refractivity contribution < 1.29 is 218 Å². The zero-order chi connectivity index (χ0) is 80.3. The normalized spacial score (nSPS) is 15.5. The Morgan fingerprint density at radius 3 is 1.21 bits per heavy atom. The van der Waals surface area contributed by atoms with Crippen molar-refractivity contribution >= 4 is 108 Å². The summed E-state index contributed by atoms with van der Waals surface area (Å²) in [6, 6.07) is 32.8. The fourth-order valence-electron chi connectivity index (χ4n) is 10.1. The summed E-state index contributed by atoms with van der Waals surface area (Å²) in [7, 11) is -10.4. The number of ether oxygens (including phenoxy) is 4. The number of nitrogens with zero attached hydrogens (tertiary/aromatic N) is 11. The molecule has 3 aliphatic rings. The number of anilines is 4. The first-order valence-electron chi connectivity index (χ1n) is 35.6. The Morgan fingerprint density at radius 2 is 0.910 bits per heavy atom. The van der Waals surface area contributed by atoms with E-state index in [2.05, 4.69) is 72.5 Å². The summed E-state index contributed by atoms with van der Waals surface area (Å²) in [5.74, 6) is 4.19. The second kappa shape index (κ2) is 55.7. The number of amides is 1. The predicted octanol–water partition coefficient (Wildman–Crippen LogP) is 4.95. The average molecular weight is 1880 g/mol. The van der Waals surface area contributed by atoms with E-state index in [9.17, 15) is 30.0 Å². The number of carbonyl (C=O) groups is 2. The summed E-state index contributed by atoms with van der Waals surface area (Å²) in [5.41, 5.74) is 14.5. The number of hydrogen-bond donors (Lipinski definition) is 3. The number of primary amides is 1. The molecule has 604 valence electrons. The number of nitrogens with one attached hydrogen (secondary N) is 1. The minimum atomic E-state index is -3.54. The molecule has 3 saturated heterocycles. The second-order valence-electron chi connectivity index (χ2n) is 25.5. The topological polar surface area (TPSA) is 389 Å². The Kier molecular flexibility index (Phi) is 51.4. The number of pyridine rings is 3. The summed E-state index contributed by atoms with van der Waals surface area (Å²) >= 11 is 11.6. The number of halogens is 2. The van der Waals surface area contributed by atoms with Gasteiger partial charge in [-0.15, -0.1) is 0 Å². The maximum atomic E-state index is 12.9. The summed E-state index contributed by atoms with van der Waals surface area (Å²) in [6.45, 7) is 26.6. The number of oxime groups is 3. The molecule has 1 amide bonds. The van der Waals surface area contributed by atoms with Crippen LogP contribution in [0.3, 0.4) is 0 Å². The zero-order valence-electron chi connectivity index (χ0n) is 66.5. The summed E-state index contributed by atoms with van der Waals surface area (Å²) in [4.78, 5) is 47.7. The van der Waals surface area contributed by atoms with E-state index in [1.54, 1.807) is 69.7 Å². The van der Waals surface area contributed by atoms with Crippen LogP contribution < -0.4 is 186 Å². The van der Waals surface area contributed by atoms with Gasteiger partial charge in [-0.1, -0.05) is 79.2 Å². The molecule has 31 nitrogen and oxygen atoms in total. The largest absolute Gasteiger partial charge is 1.00 e. The molecule has 3 fully saturated rings. The van der Waals surface area contributed by atoms with Gasteiger partial charge in [0.15, 0.2) is 0 Å². The van der Waals surface area contributed by atoms with Crippen LogP contribution in [-0.2, 0) is 59.6 Å². The van der Waals surface area contributed by atoms with Gasteiger partial charge in [0, 0.05) is 77.0 Å². The van der Waals surface area contributed by atoms with Crippen molar-refractivity contribution in [3.63, 3.8) is 0 Å². The molecule has 3 aliphatic heterocycles. The summed E-state index contributed by atoms with van der Waals surface area (Å²) < 4.78 is 106. The van der Waals surface area contributed by atoms with Crippen molar-refractivity contribution in [2.24, 2.45) is 39.0 Å². The van der Waals surface area contributed by atoms with E-state index in [1.165, 1.54) is 59.0 Å². The molecule has 3 unspecified atom stereocenters. The van der Waals surface area contributed by atoms with Crippen molar-refractivity contribution in [3.8, 4) is 17.2 Å². The summed E-state index contributed by atoms with van der Waals surface area (Å²) in [6.07, 6.45) is 15.6. The fourth-order valence-corrected chi connectivity index (χ4v) is 14.9. The Morgan fingerprint density at radius 1 is 0.559 bits per heavy atom. The molecule has 6 aromatic rings. The van der Waals surface area contributed by atoms with Crippen LogP contribution in [-0.4, -0.2) is 178 Å². The van der Waals surface area contributed by atoms with Crippen LogP contribution in [0.1, 0.15) is 132 Å². The first-order chi connectivity index (χ1) is 52.0. The zero-order valence-corrected chi connectivity index (χ0v) is 82.0. The first-order valence-corrected chi connectivity index (χ1v) is 40.6. The number of benzene rings is 3. The van der Waals surface area contributed by atoms with E-state index in [4.69, 9.17) is 73.4 Å². The molecule has 6 heterocycles. The van der Waals surface area contributed by atoms with Gasteiger partial charge in [-0.05, 0) is 211 Å². The van der Waals surface area contributed by atoms with Gasteiger partial charge in [0.25, 0.3) is 6.47 Å². The van der Waals surface area contributed by atoms with Gasteiger partial charge in [0.1, 0.15) is 58.8 Å². The minimum absolute atomic E-state index is 0. The van der Waals surface area contributed by atoms with E-state index in [0.717, 1.165) is 78.6 Å². The smallest absolute Gasteiger partial charge is 1.00 e. The van der Waals surface area contributed by atoms with Crippen molar-refractivity contribution in [2.45, 2.75) is 120 Å². The van der Waals surface area contributed by atoms with E-state index < -0.39 is 42.3 Å². The quantitative estimate of drug-likeness (QED) is 0.0161. The van der Waals surface area contributed by atoms with Crippen LogP contribution in [0.15, 0.2) is 143 Å². The Hall–Kier alpha value is -4.77. The monoisotopic (exact) mass is 1880 g/mol. The van der Waals surface area contributed by atoms with Crippen LogP contribution in [0.4, 0.5) is 27.7 Å². The van der Waals surface area contributed by atoms with Gasteiger partial charge in [-0.3, -0.25) is 17.7 Å². The van der Waals surface area contributed by atoms with Crippen molar-refractivity contribution in [1.82, 2.24) is 28.3 Å². The van der Waals surface area contributed by atoms with Crippen LogP contribution >= 0.6 is 23.2 Å². The predicted molar refractivity (Wildman–Crippen MR) is 425 cm³/mol. The first kappa shape index (κ1) is 102. The van der Waals surface area contributed by atoms with Crippen LogP contribution in [0.25, 0.3) is 0 Å². The van der Waals surface area contributed by atoms with Gasteiger partial charge >= 0.3 is 175 Å². The number of aromatic nitrogens is 3. The molecule has 3 aromatic carbocycles. The Balaban J connectivity index is 0.000000729. The standard InChI is InChI=1S/C22H29ClN4O4S.C22H31N5O4S.C16H25NO2.C7H8ClN3O2S.C5H11NO2.CH2O3.2Cs.H/c2*1-3-31-25-17-19-4-6-21(7-5-19)30-15-10-18(2)9-12-26-13-14-27(32(26,28)29)20-8-11-24-22(23)16-20;1-4-6-14(3)11-12-18-16-9-7-15(8-10-16)13-17-19-5-2;8-7-5-6(1-2-9-7)11-4-3-10-14(11,12)13;1-5(2,3)8-4(6)7;2-1-4-3;;;/h4-8,11,16-18H,3,9-10,12-15H2,1-2H3;4-8,11,16-18H,3,9-10,12-15H2,1-2H3,(H2,23,24);7-10,13-14H,4-6,11-12H2,1-3H3;1-2,5,10H,3-4H2;1-3H3,(H2,6,7);1,3H;;;/q;;;;;;2*+1;-1/p-1/b2*25-17+;17-13+;;;;;;. The molecule has 0 radical (unpaired) electrons. The number of carbonyl (C=O) groups excluding carboxylic acids is 2. The van der Waals surface area contributed by atoms with Crippen molar-refractivity contribution in [2.75, 3.05) is 111 Å². The van der Waals surface area contributed by atoms with Crippen LogP contribution in [0.2, 0.25) is 10.3 Å². The van der Waals surface area contributed by atoms with Crippen molar-refractivity contribution in [3.05, 3.63) is 155 Å². The van der Waals surface area contributed by atoms with E-state index in [-0.39, 0.29) is 156 Å². The molecule has 3 atom stereocenters. The molecule has 9 rings (SSSR count). The molecule has 5 N–H and O–H groups in total. The molecule has 0 aliphatic carbocycles. The van der Waals surface area contributed by atoms with Gasteiger partial charge in [-0.2, -0.15) is 38.6 Å². The van der Waals surface area contributed by atoms with E-state index in [1.807, 2.05) is 93.6 Å². The van der Waals surface area contributed by atoms with E-state index >= 15 is 0 Å². The van der Waals surface area contributed by atoms with Gasteiger partial charge in [0.05, 0.1) is 55.5 Å². The third-order valence-electron chi connectivity index (χ3n) is 15.7. The molecule has 0 spiro atoms. The van der Waals surface area contributed by atoms with Gasteiger partial charge in [0.2, 0.25) is 0 Å². The van der Waals surface area contributed by atoms with Crippen LogP contribution in [0, 0.1) is 17.8 Å². The maximum Gasteiger partial charge on any atom is 1.00 e. The maximum absolute atomic E-state index is 12.9. The number of nitrogens with two attached hydrogens (primary N) is 2. The molecule has 38 heteroatoms. The number of hydrogen-bond acceptors (Lipinski definition) is 24. The van der Waals surface area contributed by atoms with Crippen molar-refractivity contribution in [1.29, 1.82) is 0 Å². The number of rotatable bonds is 33. The van der Waals surface area contributed by atoms with Crippen LogP contribution in [0.5, 0.6) is 17.2 Å². The second-order valence-corrected chi connectivity index (χ2v) is 31.7. The molecule has 111 heavy (non-hydrogen) atoms. The molecule has 0 bridgehead atoms. The van der Waals surface area contributed by atoms with E-state index in [0.29, 0.717) is 120 Å². The third-order valence-corrected chi connectivity index (χ3v) is 21.6. The Labute approximate surface area is 784 Å². The molecular weight excluding hydrogens is 1780 g/mol. The van der Waals surface area contributed by atoms with Gasteiger partial charge in [-0.25, -0.2) is 19.7 Å². The molecular formula is C73H106Cl2Cs2N14O17S3. The van der Waals surface area contributed by atoms with Gasteiger partial charge < -0.3 is 56.5 Å². The SMILES string of the molecule is CC(C)(C)OC(N)=O.CCCC(C)CCOc1ccc(/C=N/OCC)cc1.CCO/N=C/c1ccc(OCCC(C)CCN2CCN(c3ccnc(Cl)c3)S2(=O)=O)cc1.CCO/N=C/c1ccc(OCCC(C)CCN2CCN(c3ccnc(N)c3)S2(=O)=O)cc1.O=CO[O-].O=S1(=O)NCCN1c1ccnc(Cl)c1.[Cs+].[Cs+].[H-]. The fraction of sp³-hybridized carbons (Fsp3) is 0.479. The number of nitrogen functional groups attached to an aromatic ring is 1. The minimum Gasteiger partial charge on any atom is -1.00 e. The third kappa shape index (κ3) is 40.6. The molecule has 3 aromatic heterocycles.